The first-order valence-corrected chi connectivity index (χ1v) is 10.0. The number of rotatable bonds is 6. The summed E-state index contributed by atoms with van der Waals surface area (Å²) in [6, 6.07) is 9.13. The molecule has 0 spiro atoms. The molecule has 1 N–H and O–H groups in total. The summed E-state index contributed by atoms with van der Waals surface area (Å²) in [5.41, 5.74) is 1.13. The van der Waals surface area contributed by atoms with Crippen molar-refractivity contribution < 1.29 is 19.2 Å². The Kier molecular flexibility index (Phi) is 4.91. The minimum absolute atomic E-state index is 0.0557. The van der Waals surface area contributed by atoms with Gasteiger partial charge in [-0.2, -0.15) is 0 Å². The molecule has 0 aromatic heterocycles. The summed E-state index contributed by atoms with van der Waals surface area (Å²) in [6.45, 7) is 0.0594. The molecular formula is C21H25N3O4. The fraction of sp³-hybridized carbons (Fsp3) is 0.524. The summed E-state index contributed by atoms with van der Waals surface area (Å²) in [4.78, 5) is 51.5. The van der Waals surface area contributed by atoms with Crippen LogP contribution in [0.2, 0.25) is 0 Å². The minimum atomic E-state index is -0.894. The Bertz CT molecular complexity index is 797. The number of amides is 5. The number of carbonyl (C=O) groups excluding carboxylic acids is 4. The van der Waals surface area contributed by atoms with Gasteiger partial charge >= 0.3 is 17.8 Å². The number of hydrogen-bond donors (Lipinski definition) is 1. The van der Waals surface area contributed by atoms with Crippen molar-refractivity contribution >= 4 is 23.8 Å². The van der Waals surface area contributed by atoms with Gasteiger partial charge in [0.15, 0.2) is 0 Å². The van der Waals surface area contributed by atoms with E-state index >= 15 is 0 Å². The molecule has 2 aliphatic carbocycles. The van der Waals surface area contributed by atoms with Crippen molar-refractivity contribution in [1.29, 1.82) is 0 Å². The van der Waals surface area contributed by atoms with E-state index in [-0.39, 0.29) is 11.5 Å². The summed E-state index contributed by atoms with van der Waals surface area (Å²) in [5, 5.41) is 2.85. The lowest BCUT2D eigenvalue weighted by atomic mass is 9.94. The maximum atomic E-state index is 12.6. The molecule has 28 heavy (non-hydrogen) atoms. The van der Waals surface area contributed by atoms with Crippen molar-refractivity contribution in [1.82, 2.24) is 15.1 Å². The van der Waals surface area contributed by atoms with Crippen LogP contribution in [0.4, 0.5) is 4.79 Å². The quantitative estimate of drug-likeness (QED) is 0.601. The van der Waals surface area contributed by atoms with Crippen molar-refractivity contribution in [3.63, 3.8) is 0 Å². The Morgan fingerprint density at radius 2 is 1.68 bits per heavy atom. The van der Waals surface area contributed by atoms with Crippen molar-refractivity contribution in [2.24, 2.45) is 0 Å². The van der Waals surface area contributed by atoms with Gasteiger partial charge in [-0.05, 0) is 31.2 Å². The van der Waals surface area contributed by atoms with Gasteiger partial charge in [0.2, 0.25) is 5.91 Å². The molecule has 2 saturated carbocycles. The molecule has 7 nitrogen and oxygen atoms in total. The molecular weight excluding hydrogens is 358 g/mol. The van der Waals surface area contributed by atoms with Gasteiger partial charge in [0.25, 0.3) is 0 Å². The lowest BCUT2D eigenvalue weighted by molar-refractivity contribution is -0.144. The monoisotopic (exact) mass is 383 g/mol. The third-order valence-electron chi connectivity index (χ3n) is 6.19. The first-order valence-electron chi connectivity index (χ1n) is 10.0. The van der Waals surface area contributed by atoms with E-state index in [4.69, 9.17) is 0 Å². The Labute approximate surface area is 164 Å². The SMILES string of the molecule is O=C(CN1C(=O)C(=O)N(C2CCCCC2)C1=O)NCC1(c2ccccc2)CC1. The van der Waals surface area contributed by atoms with Crippen molar-refractivity contribution in [3.8, 4) is 0 Å². The van der Waals surface area contributed by atoms with Crippen LogP contribution in [0.5, 0.6) is 0 Å². The van der Waals surface area contributed by atoms with E-state index in [2.05, 4.69) is 5.32 Å². The first kappa shape index (κ1) is 18.7. The minimum Gasteiger partial charge on any atom is -0.354 e. The van der Waals surface area contributed by atoms with E-state index in [0.717, 1.165) is 54.7 Å². The molecule has 1 saturated heterocycles. The van der Waals surface area contributed by atoms with E-state index in [0.29, 0.717) is 6.54 Å². The standard InChI is InChI=1S/C21H25N3O4/c25-17(22-14-21(11-12-21)15-7-3-1-4-8-15)13-23-18(26)19(27)24(20(23)28)16-9-5-2-6-10-16/h1,3-4,7-8,16H,2,5-6,9-14H2,(H,22,25). The maximum Gasteiger partial charge on any atom is 0.334 e. The van der Waals surface area contributed by atoms with Gasteiger partial charge in [-0.25, -0.2) is 9.69 Å². The summed E-state index contributed by atoms with van der Waals surface area (Å²) >= 11 is 0. The predicted molar refractivity (Wildman–Crippen MR) is 101 cm³/mol. The number of urea groups is 1. The van der Waals surface area contributed by atoms with Crippen molar-refractivity contribution in [2.75, 3.05) is 13.1 Å². The molecule has 1 heterocycles. The van der Waals surface area contributed by atoms with Crippen molar-refractivity contribution in [3.05, 3.63) is 35.9 Å². The molecule has 3 aliphatic rings. The van der Waals surface area contributed by atoms with E-state index in [1.807, 2.05) is 30.3 Å². The summed E-state index contributed by atoms with van der Waals surface area (Å²) in [6.07, 6.45) is 6.40. The topological polar surface area (TPSA) is 86.8 Å². The van der Waals surface area contributed by atoms with Crippen molar-refractivity contribution in [2.45, 2.75) is 56.4 Å². The lowest BCUT2D eigenvalue weighted by Gasteiger charge is -2.28. The molecule has 1 aromatic rings. The summed E-state index contributed by atoms with van der Waals surface area (Å²) in [5.74, 6) is -2.11. The number of benzene rings is 1. The average Bonchev–Trinajstić information content (AvgIpc) is 3.49. The van der Waals surface area contributed by atoms with Crippen LogP contribution in [0.3, 0.4) is 0 Å². The third kappa shape index (κ3) is 3.41. The van der Waals surface area contributed by atoms with Crippen LogP contribution in [-0.2, 0) is 19.8 Å². The number of nitrogens with one attached hydrogen (secondary N) is 1. The van der Waals surface area contributed by atoms with E-state index in [9.17, 15) is 19.2 Å². The Morgan fingerprint density at radius 3 is 2.32 bits per heavy atom. The third-order valence-corrected chi connectivity index (χ3v) is 6.19. The first-order chi connectivity index (χ1) is 13.5. The Morgan fingerprint density at radius 1 is 1.00 bits per heavy atom. The van der Waals surface area contributed by atoms with E-state index in [1.165, 1.54) is 5.56 Å². The summed E-state index contributed by atoms with van der Waals surface area (Å²) in [7, 11) is 0. The highest BCUT2D eigenvalue weighted by Crippen LogP contribution is 2.47. The second kappa shape index (κ2) is 7.37. The number of carbonyl (C=O) groups is 4. The van der Waals surface area contributed by atoms with Crippen LogP contribution >= 0.6 is 0 Å². The molecule has 5 amide bonds. The molecule has 3 fully saturated rings. The molecule has 4 rings (SSSR count). The van der Waals surface area contributed by atoms with E-state index in [1.54, 1.807) is 0 Å². The van der Waals surface area contributed by atoms with E-state index < -0.39 is 30.3 Å². The van der Waals surface area contributed by atoms with Crippen LogP contribution in [0.25, 0.3) is 0 Å². The normalized spacial score (nSPS) is 21.9. The zero-order chi connectivity index (χ0) is 19.7. The molecule has 0 unspecified atom stereocenters. The van der Waals surface area contributed by atoms with Gasteiger partial charge in [0.05, 0.1) is 0 Å². The maximum absolute atomic E-state index is 12.6. The number of imide groups is 2. The lowest BCUT2D eigenvalue weighted by Crippen LogP contribution is -2.45. The van der Waals surface area contributed by atoms with Gasteiger partial charge in [0.1, 0.15) is 6.54 Å². The molecule has 148 valence electrons. The highest BCUT2D eigenvalue weighted by Gasteiger charge is 2.49. The molecule has 0 atom stereocenters. The molecule has 0 radical (unpaired) electrons. The van der Waals surface area contributed by atoms with Crippen LogP contribution in [-0.4, -0.2) is 52.7 Å². The highest BCUT2D eigenvalue weighted by molar-refractivity contribution is 6.45. The second-order valence-corrected chi connectivity index (χ2v) is 8.06. The van der Waals surface area contributed by atoms with Crippen LogP contribution in [0.1, 0.15) is 50.5 Å². The largest absolute Gasteiger partial charge is 0.354 e. The molecule has 1 aromatic carbocycles. The fourth-order valence-electron chi connectivity index (χ4n) is 4.30. The van der Waals surface area contributed by atoms with Gasteiger partial charge < -0.3 is 5.32 Å². The van der Waals surface area contributed by atoms with Crippen LogP contribution < -0.4 is 5.32 Å². The smallest absolute Gasteiger partial charge is 0.334 e. The summed E-state index contributed by atoms with van der Waals surface area (Å²) < 4.78 is 0. The molecule has 0 bridgehead atoms. The van der Waals surface area contributed by atoms with Gasteiger partial charge in [-0.1, -0.05) is 49.6 Å². The van der Waals surface area contributed by atoms with Gasteiger partial charge in [0, 0.05) is 18.0 Å². The van der Waals surface area contributed by atoms with Crippen LogP contribution in [0, 0.1) is 0 Å². The fourth-order valence-corrected chi connectivity index (χ4v) is 4.30. The van der Waals surface area contributed by atoms with Crippen LogP contribution in [0.15, 0.2) is 30.3 Å². The average molecular weight is 383 g/mol. The Balaban J connectivity index is 1.36. The van der Waals surface area contributed by atoms with Gasteiger partial charge in [-0.15, -0.1) is 0 Å². The number of hydrogen-bond acceptors (Lipinski definition) is 4. The molecule has 1 aliphatic heterocycles. The Hall–Kier alpha value is -2.70. The predicted octanol–water partition coefficient (Wildman–Crippen LogP) is 1.96. The molecule has 7 heteroatoms. The van der Waals surface area contributed by atoms with Gasteiger partial charge in [-0.3, -0.25) is 19.3 Å². The second-order valence-electron chi connectivity index (χ2n) is 8.06. The highest BCUT2D eigenvalue weighted by atomic mass is 16.2. The zero-order valence-electron chi connectivity index (χ0n) is 15.9. The number of nitrogens with zero attached hydrogens (tertiary/aromatic N) is 2. The zero-order valence-corrected chi connectivity index (χ0v) is 15.9.